The van der Waals surface area contributed by atoms with Crippen LogP contribution in [0.1, 0.15) is 16.7 Å². The van der Waals surface area contributed by atoms with Crippen LogP contribution in [0.25, 0.3) is 0 Å². The van der Waals surface area contributed by atoms with E-state index in [2.05, 4.69) is 26.3 Å². The van der Waals surface area contributed by atoms with Crippen molar-refractivity contribution in [3.05, 3.63) is 64.4 Å². The summed E-state index contributed by atoms with van der Waals surface area (Å²) in [5.41, 5.74) is 3.23. The Balaban J connectivity index is 1.86. The third kappa shape index (κ3) is 4.03. The van der Waals surface area contributed by atoms with Gasteiger partial charge in [0.25, 0.3) is 0 Å². The molecule has 0 amide bonds. The minimum Gasteiger partial charge on any atom is -0.424 e. The van der Waals surface area contributed by atoms with Crippen LogP contribution in [0.3, 0.4) is 0 Å². The summed E-state index contributed by atoms with van der Waals surface area (Å²) in [5.74, 6) is 0.944. The molecule has 2 aromatic carbocycles. The number of hydrogen-bond donors (Lipinski definition) is 1. The SMILES string of the molecule is Cc1cccc(C)c1Oc1nc(Cl)nc(Nc2ccc(C#N)cc2)n1. The molecule has 0 fully saturated rings. The lowest BCUT2D eigenvalue weighted by Crippen LogP contribution is -2.02. The van der Waals surface area contributed by atoms with Crippen LogP contribution in [-0.4, -0.2) is 15.0 Å². The second kappa shape index (κ2) is 7.16. The van der Waals surface area contributed by atoms with Crippen molar-refractivity contribution in [3.8, 4) is 17.8 Å². The zero-order valence-corrected chi connectivity index (χ0v) is 14.4. The normalized spacial score (nSPS) is 10.2. The molecule has 0 aliphatic rings. The Bertz CT molecular complexity index is 930. The first-order valence-electron chi connectivity index (χ1n) is 7.48. The standard InChI is InChI=1S/C18H14ClN5O/c1-11-4-3-5-12(2)15(11)25-18-23-16(19)22-17(24-18)21-14-8-6-13(10-20)7-9-14/h3-9H,1-2H3,(H,21,22,23,24). The number of rotatable bonds is 4. The average molecular weight is 352 g/mol. The fourth-order valence-electron chi connectivity index (χ4n) is 2.24. The van der Waals surface area contributed by atoms with E-state index in [1.165, 1.54) is 0 Å². The summed E-state index contributed by atoms with van der Waals surface area (Å²) in [6, 6.07) is 14.9. The molecule has 0 bridgehead atoms. The Kier molecular flexibility index (Phi) is 4.78. The number of anilines is 2. The third-order valence-corrected chi connectivity index (χ3v) is 3.63. The van der Waals surface area contributed by atoms with Gasteiger partial charge >= 0.3 is 6.01 Å². The molecular weight excluding hydrogens is 338 g/mol. The molecule has 0 aliphatic carbocycles. The van der Waals surface area contributed by atoms with E-state index in [1.54, 1.807) is 24.3 Å². The molecule has 0 unspecified atom stereocenters. The zero-order chi connectivity index (χ0) is 17.8. The monoisotopic (exact) mass is 351 g/mol. The van der Waals surface area contributed by atoms with Crippen molar-refractivity contribution in [1.29, 1.82) is 5.26 Å². The van der Waals surface area contributed by atoms with Gasteiger partial charge in [-0.05, 0) is 60.8 Å². The summed E-state index contributed by atoms with van der Waals surface area (Å²) >= 11 is 5.98. The van der Waals surface area contributed by atoms with Gasteiger partial charge in [0.05, 0.1) is 11.6 Å². The van der Waals surface area contributed by atoms with Gasteiger partial charge in [-0.1, -0.05) is 18.2 Å². The molecule has 0 aliphatic heterocycles. The predicted octanol–water partition coefficient (Wildman–Crippen LogP) is 4.55. The summed E-state index contributed by atoms with van der Waals surface area (Å²) in [6.45, 7) is 3.89. The van der Waals surface area contributed by atoms with Crippen molar-refractivity contribution >= 4 is 23.2 Å². The van der Waals surface area contributed by atoms with Crippen molar-refractivity contribution in [2.45, 2.75) is 13.8 Å². The van der Waals surface area contributed by atoms with Gasteiger partial charge in [0, 0.05) is 5.69 Å². The number of halogens is 1. The highest BCUT2D eigenvalue weighted by molar-refractivity contribution is 6.28. The van der Waals surface area contributed by atoms with E-state index in [-0.39, 0.29) is 17.2 Å². The summed E-state index contributed by atoms with van der Waals surface area (Å²) in [6.07, 6.45) is 0. The largest absolute Gasteiger partial charge is 0.424 e. The van der Waals surface area contributed by atoms with Crippen LogP contribution in [0, 0.1) is 25.2 Å². The molecule has 0 saturated heterocycles. The second-order valence-electron chi connectivity index (χ2n) is 5.35. The smallest absolute Gasteiger partial charge is 0.328 e. The molecule has 0 radical (unpaired) electrons. The fourth-order valence-corrected chi connectivity index (χ4v) is 2.39. The fraction of sp³-hybridized carbons (Fsp3) is 0.111. The number of nitrogens with one attached hydrogen (secondary N) is 1. The van der Waals surface area contributed by atoms with Gasteiger partial charge in [-0.2, -0.15) is 20.2 Å². The van der Waals surface area contributed by atoms with E-state index in [9.17, 15) is 0 Å². The Hall–Kier alpha value is -3.17. The van der Waals surface area contributed by atoms with Crippen LogP contribution in [0.2, 0.25) is 5.28 Å². The molecule has 0 spiro atoms. The van der Waals surface area contributed by atoms with Crippen molar-refractivity contribution < 1.29 is 4.74 Å². The lowest BCUT2D eigenvalue weighted by molar-refractivity contribution is 0.434. The predicted molar refractivity (Wildman–Crippen MR) is 95.3 cm³/mol. The number of nitriles is 1. The number of hydrogen-bond acceptors (Lipinski definition) is 6. The molecule has 25 heavy (non-hydrogen) atoms. The summed E-state index contributed by atoms with van der Waals surface area (Å²) in [5, 5.41) is 11.9. The van der Waals surface area contributed by atoms with E-state index in [4.69, 9.17) is 21.6 Å². The van der Waals surface area contributed by atoms with Crippen molar-refractivity contribution in [2.24, 2.45) is 0 Å². The molecule has 6 nitrogen and oxygen atoms in total. The van der Waals surface area contributed by atoms with Gasteiger partial charge in [0.15, 0.2) is 0 Å². The highest BCUT2D eigenvalue weighted by Gasteiger charge is 2.11. The van der Waals surface area contributed by atoms with Crippen molar-refractivity contribution in [1.82, 2.24) is 15.0 Å². The molecule has 1 aromatic heterocycles. The van der Waals surface area contributed by atoms with Gasteiger partial charge in [0.1, 0.15) is 5.75 Å². The van der Waals surface area contributed by atoms with Crippen LogP contribution in [-0.2, 0) is 0 Å². The maximum absolute atomic E-state index is 8.84. The van der Waals surface area contributed by atoms with Crippen LogP contribution in [0.5, 0.6) is 11.8 Å². The number of aryl methyl sites for hydroxylation is 2. The average Bonchev–Trinajstić information content (AvgIpc) is 2.58. The van der Waals surface area contributed by atoms with E-state index in [1.807, 2.05) is 32.0 Å². The molecule has 0 saturated carbocycles. The van der Waals surface area contributed by atoms with Crippen molar-refractivity contribution in [2.75, 3.05) is 5.32 Å². The van der Waals surface area contributed by atoms with E-state index < -0.39 is 0 Å². The molecule has 124 valence electrons. The lowest BCUT2D eigenvalue weighted by atomic mass is 10.1. The topological polar surface area (TPSA) is 83.7 Å². The van der Waals surface area contributed by atoms with Gasteiger partial charge in [0.2, 0.25) is 11.2 Å². The van der Waals surface area contributed by atoms with E-state index in [0.717, 1.165) is 16.8 Å². The van der Waals surface area contributed by atoms with Crippen molar-refractivity contribution in [3.63, 3.8) is 0 Å². The molecular formula is C18H14ClN5O. The first-order chi connectivity index (χ1) is 12.0. The lowest BCUT2D eigenvalue weighted by Gasteiger charge is -2.11. The Labute approximate surface area is 150 Å². The van der Waals surface area contributed by atoms with Crippen LogP contribution in [0.4, 0.5) is 11.6 Å². The minimum atomic E-state index is 0.0207. The number of ether oxygens (including phenoxy) is 1. The molecule has 1 heterocycles. The van der Waals surface area contributed by atoms with Crippen LogP contribution >= 0.6 is 11.6 Å². The highest BCUT2D eigenvalue weighted by atomic mass is 35.5. The minimum absolute atomic E-state index is 0.0207. The Morgan fingerprint density at radius 1 is 1.00 bits per heavy atom. The van der Waals surface area contributed by atoms with Crippen LogP contribution < -0.4 is 10.1 Å². The van der Waals surface area contributed by atoms with Gasteiger partial charge in [-0.25, -0.2) is 0 Å². The Morgan fingerprint density at radius 3 is 2.32 bits per heavy atom. The van der Waals surface area contributed by atoms with E-state index in [0.29, 0.717) is 11.3 Å². The van der Waals surface area contributed by atoms with Crippen LogP contribution in [0.15, 0.2) is 42.5 Å². The van der Waals surface area contributed by atoms with Gasteiger partial charge in [-0.3, -0.25) is 0 Å². The zero-order valence-electron chi connectivity index (χ0n) is 13.6. The number of aromatic nitrogens is 3. The number of benzene rings is 2. The molecule has 3 aromatic rings. The quantitative estimate of drug-likeness (QED) is 0.742. The highest BCUT2D eigenvalue weighted by Crippen LogP contribution is 2.27. The summed E-state index contributed by atoms with van der Waals surface area (Å²) < 4.78 is 5.81. The molecule has 1 N–H and O–H groups in total. The first kappa shape index (κ1) is 16.7. The Morgan fingerprint density at radius 2 is 1.68 bits per heavy atom. The number of nitrogens with zero attached hydrogens (tertiary/aromatic N) is 4. The summed E-state index contributed by atoms with van der Waals surface area (Å²) in [4.78, 5) is 12.3. The van der Waals surface area contributed by atoms with E-state index >= 15 is 0 Å². The first-order valence-corrected chi connectivity index (χ1v) is 7.86. The molecule has 7 heteroatoms. The molecule has 3 rings (SSSR count). The van der Waals surface area contributed by atoms with Gasteiger partial charge < -0.3 is 10.1 Å². The van der Waals surface area contributed by atoms with Gasteiger partial charge in [-0.15, -0.1) is 0 Å². The second-order valence-corrected chi connectivity index (χ2v) is 5.69. The summed E-state index contributed by atoms with van der Waals surface area (Å²) in [7, 11) is 0. The third-order valence-electron chi connectivity index (χ3n) is 3.46. The maximum Gasteiger partial charge on any atom is 0.328 e. The number of para-hydroxylation sites is 1. The maximum atomic E-state index is 8.84. The molecule has 0 atom stereocenters.